The molecule has 1 aliphatic carbocycles. The van der Waals surface area contributed by atoms with Crippen molar-refractivity contribution in [3.8, 4) is 0 Å². The number of nitrogens with one attached hydrogen (secondary N) is 1. The van der Waals surface area contributed by atoms with Gasteiger partial charge in [-0.1, -0.05) is 36.6 Å². The van der Waals surface area contributed by atoms with Gasteiger partial charge in [0.15, 0.2) is 0 Å². The molecule has 0 aliphatic heterocycles. The molecule has 1 aromatic rings. The largest absolute Gasteiger partial charge is 0.481 e. The van der Waals surface area contributed by atoms with Gasteiger partial charge in [0.25, 0.3) is 0 Å². The average Bonchev–Trinajstić information content (AvgIpc) is 2.62. The van der Waals surface area contributed by atoms with Crippen molar-refractivity contribution in [2.45, 2.75) is 52.0 Å². The van der Waals surface area contributed by atoms with Crippen molar-refractivity contribution in [1.29, 1.82) is 0 Å². The van der Waals surface area contributed by atoms with Crippen LogP contribution in [0.25, 0.3) is 0 Å². The van der Waals surface area contributed by atoms with E-state index in [1.54, 1.807) is 0 Å². The zero-order chi connectivity index (χ0) is 19.3. The predicted molar refractivity (Wildman–Crippen MR) is 96.5 cm³/mol. The van der Waals surface area contributed by atoms with Crippen LogP contribution in [0.5, 0.6) is 0 Å². The molecule has 1 fully saturated rings. The standard InChI is InChI=1S/C20H27NO5/c1-12-8-9-13(2)16(10-12)17(11-18(22)26-3)21-19(23)14-6-4-5-7-15(14)20(24)25/h8-10,14-15,17H,4-7,11H2,1-3H3,(H,21,23)(H,24,25)/t14-,15+,17+/m1/s1. The van der Waals surface area contributed by atoms with E-state index in [1.165, 1.54) is 7.11 Å². The SMILES string of the molecule is COC(=O)C[C@H](NC(=O)[C@@H]1CCCC[C@@H]1C(=O)O)c1cc(C)ccc1C. The van der Waals surface area contributed by atoms with Gasteiger partial charge in [0.05, 0.1) is 31.4 Å². The van der Waals surface area contributed by atoms with E-state index < -0.39 is 29.8 Å². The van der Waals surface area contributed by atoms with Gasteiger partial charge in [0.2, 0.25) is 5.91 Å². The fourth-order valence-corrected chi connectivity index (χ4v) is 3.64. The lowest BCUT2D eigenvalue weighted by Crippen LogP contribution is -2.41. The Hall–Kier alpha value is -2.37. The molecule has 1 amide bonds. The van der Waals surface area contributed by atoms with Crippen LogP contribution in [-0.4, -0.2) is 30.1 Å². The number of esters is 1. The Kier molecular flexibility index (Phi) is 6.77. The molecule has 6 heteroatoms. The highest BCUT2D eigenvalue weighted by Crippen LogP contribution is 2.32. The van der Waals surface area contributed by atoms with Crippen molar-refractivity contribution in [1.82, 2.24) is 5.32 Å². The van der Waals surface area contributed by atoms with Crippen LogP contribution >= 0.6 is 0 Å². The summed E-state index contributed by atoms with van der Waals surface area (Å²) < 4.78 is 4.77. The first kappa shape index (κ1) is 19.9. The number of hydrogen-bond acceptors (Lipinski definition) is 4. The second-order valence-electron chi connectivity index (χ2n) is 7.04. The van der Waals surface area contributed by atoms with Crippen molar-refractivity contribution >= 4 is 17.8 Å². The van der Waals surface area contributed by atoms with Crippen LogP contribution in [0.2, 0.25) is 0 Å². The topological polar surface area (TPSA) is 92.7 Å². The summed E-state index contributed by atoms with van der Waals surface area (Å²) in [5, 5.41) is 12.3. The van der Waals surface area contributed by atoms with Crippen molar-refractivity contribution in [3.05, 3.63) is 34.9 Å². The maximum Gasteiger partial charge on any atom is 0.307 e. The third-order valence-electron chi connectivity index (χ3n) is 5.15. The van der Waals surface area contributed by atoms with Crippen LogP contribution < -0.4 is 5.32 Å². The number of amides is 1. The number of ether oxygens (including phenoxy) is 1. The summed E-state index contributed by atoms with van der Waals surface area (Å²) >= 11 is 0. The van der Waals surface area contributed by atoms with Gasteiger partial charge >= 0.3 is 11.9 Å². The van der Waals surface area contributed by atoms with E-state index in [0.29, 0.717) is 12.8 Å². The van der Waals surface area contributed by atoms with E-state index in [4.69, 9.17) is 4.74 Å². The Morgan fingerprint density at radius 1 is 1.19 bits per heavy atom. The second-order valence-corrected chi connectivity index (χ2v) is 7.04. The molecule has 2 rings (SSSR count). The molecule has 0 unspecified atom stereocenters. The Morgan fingerprint density at radius 2 is 1.85 bits per heavy atom. The first-order valence-corrected chi connectivity index (χ1v) is 9.00. The smallest absolute Gasteiger partial charge is 0.307 e. The first-order valence-electron chi connectivity index (χ1n) is 9.00. The van der Waals surface area contributed by atoms with Crippen LogP contribution in [-0.2, 0) is 19.1 Å². The number of carboxylic acids is 1. The highest BCUT2D eigenvalue weighted by molar-refractivity contribution is 5.85. The minimum absolute atomic E-state index is 0.0109. The van der Waals surface area contributed by atoms with Gasteiger partial charge in [-0.15, -0.1) is 0 Å². The van der Waals surface area contributed by atoms with Crippen LogP contribution in [0.4, 0.5) is 0 Å². The number of methoxy groups -OCH3 is 1. The van der Waals surface area contributed by atoms with Crippen molar-refractivity contribution in [2.24, 2.45) is 11.8 Å². The van der Waals surface area contributed by atoms with E-state index in [0.717, 1.165) is 29.5 Å². The lowest BCUT2D eigenvalue weighted by atomic mass is 9.78. The number of aryl methyl sites for hydroxylation is 2. The molecule has 6 nitrogen and oxygen atoms in total. The monoisotopic (exact) mass is 361 g/mol. The molecule has 26 heavy (non-hydrogen) atoms. The predicted octanol–water partition coefficient (Wildman–Crippen LogP) is 2.91. The minimum atomic E-state index is -0.930. The number of aliphatic carboxylic acids is 1. The van der Waals surface area contributed by atoms with E-state index in [2.05, 4.69) is 5.32 Å². The summed E-state index contributed by atoms with van der Waals surface area (Å²) in [5.41, 5.74) is 2.84. The van der Waals surface area contributed by atoms with Crippen LogP contribution in [0.15, 0.2) is 18.2 Å². The summed E-state index contributed by atoms with van der Waals surface area (Å²) in [5.74, 6) is -2.88. The third kappa shape index (κ3) is 4.84. The maximum atomic E-state index is 12.8. The number of hydrogen-bond donors (Lipinski definition) is 2. The molecule has 1 aromatic carbocycles. The molecule has 0 bridgehead atoms. The van der Waals surface area contributed by atoms with E-state index in [9.17, 15) is 19.5 Å². The summed E-state index contributed by atoms with van der Waals surface area (Å²) in [6, 6.07) is 5.32. The molecular weight excluding hydrogens is 334 g/mol. The van der Waals surface area contributed by atoms with Gasteiger partial charge < -0.3 is 15.2 Å². The summed E-state index contributed by atoms with van der Waals surface area (Å²) in [7, 11) is 1.31. The molecule has 2 N–H and O–H groups in total. The van der Waals surface area contributed by atoms with Crippen molar-refractivity contribution in [2.75, 3.05) is 7.11 Å². The second kappa shape index (κ2) is 8.83. The molecule has 0 radical (unpaired) electrons. The quantitative estimate of drug-likeness (QED) is 0.760. The minimum Gasteiger partial charge on any atom is -0.481 e. The summed E-state index contributed by atoms with van der Waals surface area (Å²) in [4.78, 5) is 36.2. The highest BCUT2D eigenvalue weighted by Gasteiger charge is 2.36. The molecule has 0 aromatic heterocycles. The summed E-state index contributed by atoms with van der Waals surface area (Å²) in [6.07, 6.45) is 2.74. The van der Waals surface area contributed by atoms with E-state index >= 15 is 0 Å². The molecule has 1 aliphatic rings. The lowest BCUT2D eigenvalue weighted by Gasteiger charge is -2.30. The van der Waals surface area contributed by atoms with Gasteiger partial charge in [-0.3, -0.25) is 14.4 Å². The van der Waals surface area contributed by atoms with Gasteiger partial charge in [-0.25, -0.2) is 0 Å². The number of benzene rings is 1. The van der Waals surface area contributed by atoms with Crippen molar-refractivity contribution in [3.63, 3.8) is 0 Å². The van der Waals surface area contributed by atoms with E-state index in [-0.39, 0.29) is 12.3 Å². The van der Waals surface area contributed by atoms with Gasteiger partial charge in [0.1, 0.15) is 0 Å². The Morgan fingerprint density at radius 3 is 2.46 bits per heavy atom. The normalized spacial score (nSPS) is 20.9. The van der Waals surface area contributed by atoms with Crippen LogP contribution in [0, 0.1) is 25.7 Å². The summed E-state index contributed by atoms with van der Waals surface area (Å²) in [6.45, 7) is 3.87. The molecule has 3 atom stereocenters. The number of carbonyl (C=O) groups is 3. The lowest BCUT2D eigenvalue weighted by molar-refractivity contribution is -0.149. The third-order valence-corrected chi connectivity index (χ3v) is 5.15. The zero-order valence-electron chi connectivity index (χ0n) is 15.6. The number of rotatable bonds is 6. The Balaban J connectivity index is 2.25. The number of carbonyl (C=O) groups excluding carboxylic acids is 2. The Labute approximate surface area is 153 Å². The Bertz CT molecular complexity index is 685. The molecule has 1 saturated carbocycles. The zero-order valence-corrected chi connectivity index (χ0v) is 15.6. The van der Waals surface area contributed by atoms with Gasteiger partial charge in [-0.2, -0.15) is 0 Å². The van der Waals surface area contributed by atoms with Crippen LogP contribution in [0.3, 0.4) is 0 Å². The van der Waals surface area contributed by atoms with Crippen LogP contribution in [0.1, 0.15) is 54.8 Å². The maximum absolute atomic E-state index is 12.8. The molecule has 0 spiro atoms. The number of carboxylic acid groups (broad SMARTS) is 1. The van der Waals surface area contributed by atoms with E-state index in [1.807, 2.05) is 32.0 Å². The molecule has 0 heterocycles. The van der Waals surface area contributed by atoms with Crippen molar-refractivity contribution < 1.29 is 24.2 Å². The fraction of sp³-hybridized carbons (Fsp3) is 0.550. The fourth-order valence-electron chi connectivity index (χ4n) is 3.64. The molecular formula is C20H27NO5. The van der Waals surface area contributed by atoms with Gasteiger partial charge in [-0.05, 0) is 37.8 Å². The molecule has 0 saturated heterocycles. The average molecular weight is 361 g/mol. The molecule has 142 valence electrons. The first-order chi connectivity index (χ1) is 12.3. The highest BCUT2D eigenvalue weighted by atomic mass is 16.5. The van der Waals surface area contributed by atoms with Gasteiger partial charge in [0, 0.05) is 0 Å².